The van der Waals surface area contributed by atoms with Gasteiger partial charge in [0, 0.05) is 6.42 Å². The highest BCUT2D eigenvalue weighted by Gasteiger charge is 2.19. The molecular weight excluding hydrogens is 277 g/mol. The van der Waals surface area contributed by atoms with E-state index in [0.29, 0.717) is 6.42 Å². The lowest BCUT2D eigenvalue weighted by atomic mass is 10.1. The van der Waals surface area contributed by atoms with Crippen LogP contribution in [0.3, 0.4) is 0 Å². The smallest absolute Gasteiger partial charge is 0.339 e. The predicted octanol–water partition coefficient (Wildman–Crippen LogP) is 3.60. The lowest BCUT2D eigenvalue weighted by Gasteiger charge is -2.11. The molecule has 1 amide bonds. The van der Waals surface area contributed by atoms with Gasteiger partial charge in [-0.2, -0.15) is 0 Å². The second kappa shape index (κ2) is 6.42. The second-order valence-electron chi connectivity index (χ2n) is 3.46. The van der Waals surface area contributed by atoms with E-state index in [1.807, 2.05) is 0 Å². The molecule has 0 saturated carbocycles. The summed E-state index contributed by atoms with van der Waals surface area (Å²) in [5.74, 6) is -1.59. The molecule has 4 nitrogen and oxygen atoms in total. The molecule has 0 heterocycles. The number of carboxylic acids is 1. The molecule has 6 heteroatoms. The lowest BCUT2D eigenvalue weighted by Crippen LogP contribution is -2.15. The van der Waals surface area contributed by atoms with E-state index in [-0.39, 0.29) is 33.6 Å². The minimum atomic E-state index is -1.25. The fourth-order valence-corrected chi connectivity index (χ4v) is 1.76. The van der Waals surface area contributed by atoms with Gasteiger partial charge >= 0.3 is 5.97 Å². The van der Waals surface area contributed by atoms with Crippen LogP contribution in [-0.2, 0) is 4.79 Å². The number of carboxylic acid groups (broad SMARTS) is 1. The summed E-state index contributed by atoms with van der Waals surface area (Å²) in [6.45, 7) is 3.50. The van der Waals surface area contributed by atoms with Gasteiger partial charge in [0.25, 0.3) is 0 Å². The van der Waals surface area contributed by atoms with Crippen molar-refractivity contribution >= 4 is 40.8 Å². The number of hydrogen-bond acceptors (Lipinski definition) is 2. The Balaban J connectivity index is 3.07. The number of carbonyl (C=O) groups is 2. The number of amides is 1. The first-order valence-corrected chi connectivity index (χ1v) is 5.85. The Kier molecular flexibility index (Phi) is 5.19. The van der Waals surface area contributed by atoms with Crippen LogP contribution in [0.15, 0.2) is 24.8 Å². The summed E-state index contributed by atoms with van der Waals surface area (Å²) in [6.07, 6.45) is 2.29. The highest BCUT2D eigenvalue weighted by atomic mass is 35.5. The van der Waals surface area contributed by atoms with Gasteiger partial charge in [0.2, 0.25) is 5.91 Å². The van der Waals surface area contributed by atoms with Crippen LogP contribution >= 0.6 is 23.2 Å². The first kappa shape index (κ1) is 14.5. The van der Waals surface area contributed by atoms with Crippen LogP contribution in [0, 0.1) is 0 Å². The largest absolute Gasteiger partial charge is 0.478 e. The van der Waals surface area contributed by atoms with Crippen molar-refractivity contribution in [2.24, 2.45) is 0 Å². The van der Waals surface area contributed by atoms with Gasteiger partial charge in [-0.05, 0) is 18.6 Å². The van der Waals surface area contributed by atoms with E-state index in [4.69, 9.17) is 28.3 Å². The van der Waals surface area contributed by atoms with Crippen LogP contribution in [0.2, 0.25) is 10.0 Å². The number of halogens is 2. The molecule has 1 aromatic rings. The molecule has 96 valence electrons. The van der Waals surface area contributed by atoms with E-state index in [2.05, 4.69) is 11.9 Å². The predicted molar refractivity (Wildman–Crippen MR) is 71.5 cm³/mol. The number of hydrogen-bond donors (Lipinski definition) is 2. The third kappa shape index (κ3) is 3.48. The van der Waals surface area contributed by atoms with E-state index in [1.54, 1.807) is 6.08 Å². The van der Waals surface area contributed by atoms with Gasteiger partial charge in [0.15, 0.2) is 0 Å². The van der Waals surface area contributed by atoms with Crippen LogP contribution < -0.4 is 5.32 Å². The van der Waals surface area contributed by atoms with Gasteiger partial charge in [-0.15, -0.1) is 6.58 Å². The van der Waals surface area contributed by atoms with E-state index in [0.717, 1.165) is 0 Å². The molecule has 0 saturated heterocycles. The number of nitrogens with one attached hydrogen (secondary N) is 1. The zero-order chi connectivity index (χ0) is 13.7. The third-order valence-corrected chi connectivity index (χ3v) is 2.79. The average Bonchev–Trinajstić information content (AvgIpc) is 2.30. The topological polar surface area (TPSA) is 66.4 Å². The first-order chi connectivity index (χ1) is 8.47. The Hall–Kier alpha value is -1.52. The van der Waals surface area contributed by atoms with E-state index < -0.39 is 5.97 Å². The van der Waals surface area contributed by atoms with Crippen molar-refractivity contribution in [2.45, 2.75) is 12.8 Å². The van der Waals surface area contributed by atoms with Crippen LogP contribution in [0.25, 0.3) is 0 Å². The summed E-state index contributed by atoms with van der Waals surface area (Å²) in [6, 6.07) is 2.80. The Labute approximate surface area is 114 Å². The molecule has 0 aliphatic carbocycles. The molecule has 0 spiro atoms. The maximum atomic E-state index is 11.6. The number of allylic oxidation sites excluding steroid dienone is 1. The SMILES string of the molecule is C=CCCC(=O)Nc1c(Cl)ccc(Cl)c1C(=O)O. The van der Waals surface area contributed by atoms with E-state index >= 15 is 0 Å². The van der Waals surface area contributed by atoms with Crippen molar-refractivity contribution < 1.29 is 14.7 Å². The minimum Gasteiger partial charge on any atom is -0.478 e. The van der Waals surface area contributed by atoms with Crippen LogP contribution in [0.5, 0.6) is 0 Å². The normalized spacial score (nSPS) is 9.89. The highest BCUT2D eigenvalue weighted by molar-refractivity contribution is 6.38. The Morgan fingerprint density at radius 3 is 2.50 bits per heavy atom. The van der Waals surface area contributed by atoms with Crippen LogP contribution in [-0.4, -0.2) is 17.0 Å². The fourth-order valence-electron chi connectivity index (χ4n) is 1.32. The third-order valence-electron chi connectivity index (χ3n) is 2.16. The zero-order valence-electron chi connectivity index (χ0n) is 9.37. The zero-order valence-corrected chi connectivity index (χ0v) is 10.9. The molecule has 18 heavy (non-hydrogen) atoms. The molecular formula is C12H11Cl2NO3. The number of benzene rings is 1. The Bertz CT molecular complexity index is 500. The average molecular weight is 288 g/mol. The molecule has 0 unspecified atom stereocenters. The van der Waals surface area contributed by atoms with Crippen LogP contribution in [0.4, 0.5) is 5.69 Å². The summed E-state index contributed by atoms with van der Waals surface area (Å²) in [7, 11) is 0. The molecule has 0 atom stereocenters. The molecule has 0 radical (unpaired) electrons. The highest BCUT2D eigenvalue weighted by Crippen LogP contribution is 2.32. The summed E-state index contributed by atoms with van der Waals surface area (Å²) in [5, 5.41) is 11.6. The molecule has 0 aromatic heterocycles. The van der Waals surface area contributed by atoms with Gasteiger partial charge in [0.05, 0.1) is 15.7 Å². The Morgan fingerprint density at radius 1 is 1.33 bits per heavy atom. The van der Waals surface area contributed by atoms with Crippen molar-refractivity contribution in [3.8, 4) is 0 Å². The summed E-state index contributed by atoms with van der Waals surface area (Å²) < 4.78 is 0. The van der Waals surface area contributed by atoms with E-state index in [9.17, 15) is 9.59 Å². The van der Waals surface area contributed by atoms with Gasteiger partial charge in [-0.1, -0.05) is 29.3 Å². The molecule has 1 aromatic carbocycles. The summed E-state index contributed by atoms with van der Waals surface area (Å²) in [4.78, 5) is 22.6. The molecule has 2 N–H and O–H groups in total. The maximum absolute atomic E-state index is 11.6. The van der Waals surface area contributed by atoms with Crippen molar-refractivity contribution in [1.29, 1.82) is 0 Å². The number of rotatable bonds is 5. The molecule has 0 aliphatic heterocycles. The summed E-state index contributed by atoms with van der Waals surface area (Å²) >= 11 is 11.6. The van der Waals surface area contributed by atoms with Gasteiger partial charge < -0.3 is 10.4 Å². The van der Waals surface area contributed by atoms with Crippen molar-refractivity contribution in [3.05, 3.63) is 40.4 Å². The van der Waals surface area contributed by atoms with Crippen molar-refractivity contribution in [3.63, 3.8) is 0 Å². The van der Waals surface area contributed by atoms with Gasteiger partial charge in [0.1, 0.15) is 5.56 Å². The monoisotopic (exact) mass is 287 g/mol. The first-order valence-electron chi connectivity index (χ1n) is 5.09. The maximum Gasteiger partial charge on any atom is 0.339 e. The summed E-state index contributed by atoms with van der Waals surface area (Å²) in [5.41, 5.74) is -0.193. The molecule has 0 aliphatic rings. The second-order valence-corrected chi connectivity index (χ2v) is 4.27. The van der Waals surface area contributed by atoms with Gasteiger partial charge in [-0.3, -0.25) is 4.79 Å². The fraction of sp³-hybridized carbons (Fsp3) is 0.167. The van der Waals surface area contributed by atoms with Crippen LogP contribution in [0.1, 0.15) is 23.2 Å². The molecule has 1 rings (SSSR count). The molecule has 0 bridgehead atoms. The molecule has 0 fully saturated rings. The number of aromatic carboxylic acids is 1. The minimum absolute atomic E-state index is 0.0192. The van der Waals surface area contributed by atoms with E-state index in [1.165, 1.54) is 12.1 Å². The lowest BCUT2D eigenvalue weighted by molar-refractivity contribution is -0.116. The number of anilines is 1. The number of carbonyl (C=O) groups excluding carboxylic acids is 1. The Morgan fingerprint density at radius 2 is 1.94 bits per heavy atom. The standard InChI is InChI=1S/C12H11Cl2NO3/c1-2-3-4-9(16)15-11-8(14)6-5-7(13)10(11)12(17)18/h2,5-6H,1,3-4H2,(H,15,16)(H,17,18). The van der Waals surface area contributed by atoms with Gasteiger partial charge in [-0.25, -0.2) is 4.79 Å². The van der Waals surface area contributed by atoms with Crippen molar-refractivity contribution in [1.82, 2.24) is 0 Å². The van der Waals surface area contributed by atoms with Crippen molar-refractivity contribution in [2.75, 3.05) is 5.32 Å². The quantitative estimate of drug-likeness (QED) is 0.813.